The first-order valence-electron chi connectivity index (χ1n) is 12.6. The van der Waals surface area contributed by atoms with Gasteiger partial charge in [-0.2, -0.15) is 0 Å². The number of nitrogens with zero attached hydrogens (tertiary/aromatic N) is 1. The van der Waals surface area contributed by atoms with Gasteiger partial charge in [-0.05, 0) is 68.5 Å². The van der Waals surface area contributed by atoms with Crippen LogP contribution >= 0.6 is 0 Å². The highest BCUT2D eigenvalue weighted by molar-refractivity contribution is 6.01. The molecule has 4 aliphatic rings. The summed E-state index contributed by atoms with van der Waals surface area (Å²) in [7, 11) is 0. The Morgan fingerprint density at radius 2 is 1.74 bits per heavy atom. The monoisotopic (exact) mass is 457 g/mol. The molecule has 2 amide bonds. The molecule has 3 saturated heterocycles. The molecule has 1 aromatic heterocycles. The van der Waals surface area contributed by atoms with Gasteiger partial charge in [0.15, 0.2) is 5.76 Å². The summed E-state index contributed by atoms with van der Waals surface area (Å²) in [5.41, 5.74) is 3.35. The lowest BCUT2D eigenvalue weighted by Crippen LogP contribution is -2.57. The van der Waals surface area contributed by atoms with Crippen LogP contribution in [0.1, 0.15) is 49.1 Å². The molecule has 0 radical (unpaired) electrons. The zero-order valence-corrected chi connectivity index (χ0v) is 19.4. The largest absolute Gasteiger partial charge is 0.450 e. The van der Waals surface area contributed by atoms with Crippen molar-refractivity contribution in [3.05, 3.63) is 54.3 Å². The normalized spacial score (nSPS) is 24.4. The zero-order chi connectivity index (χ0) is 23.1. The Balaban J connectivity index is 1.23. The van der Waals surface area contributed by atoms with Gasteiger partial charge in [-0.1, -0.05) is 43.2 Å². The predicted octanol–water partition coefficient (Wildman–Crippen LogP) is 5.05. The number of piperidine rings is 3. The maximum absolute atomic E-state index is 13.0. The number of furan rings is 1. The number of rotatable bonds is 5. The maximum atomic E-state index is 13.0. The highest BCUT2D eigenvalue weighted by Crippen LogP contribution is 2.33. The molecule has 6 heteroatoms. The number of nitrogens with one attached hydrogen (secondary N) is 2. The Kier molecular flexibility index (Phi) is 5.61. The summed E-state index contributed by atoms with van der Waals surface area (Å²) in [6.07, 6.45) is 6.53. The van der Waals surface area contributed by atoms with Crippen LogP contribution in [-0.2, 0) is 4.79 Å². The zero-order valence-electron chi connectivity index (χ0n) is 19.4. The minimum atomic E-state index is -0.140. The van der Waals surface area contributed by atoms with Crippen molar-refractivity contribution in [2.24, 2.45) is 11.8 Å². The Hall–Kier alpha value is -3.12. The van der Waals surface area contributed by atoms with Crippen molar-refractivity contribution in [3.8, 4) is 11.1 Å². The molecule has 1 atom stereocenters. The van der Waals surface area contributed by atoms with Gasteiger partial charge in [-0.25, -0.2) is 0 Å². The van der Waals surface area contributed by atoms with Crippen LogP contribution < -0.4 is 10.6 Å². The minimum Gasteiger partial charge on any atom is -0.450 e. The van der Waals surface area contributed by atoms with E-state index in [1.807, 2.05) is 48.5 Å². The highest BCUT2D eigenvalue weighted by Gasteiger charge is 2.35. The van der Waals surface area contributed by atoms with Gasteiger partial charge in [0.25, 0.3) is 5.91 Å². The van der Waals surface area contributed by atoms with Gasteiger partial charge in [-0.15, -0.1) is 0 Å². The number of carbonyl (C=O) groups is 2. The van der Waals surface area contributed by atoms with E-state index in [4.69, 9.17) is 4.42 Å². The van der Waals surface area contributed by atoms with Gasteiger partial charge in [0.2, 0.25) is 5.91 Å². The molecule has 4 heterocycles. The number of fused-ring (bicyclic) bond motifs is 4. The maximum Gasteiger partial charge on any atom is 0.287 e. The van der Waals surface area contributed by atoms with Crippen molar-refractivity contribution in [2.75, 3.05) is 25.0 Å². The third-order valence-corrected chi connectivity index (χ3v) is 7.91. The molecule has 7 rings (SSSR count). The summed E-state index contributed by atoms with van der Waals surface area (Å²) in [6.45, 7) is 3.22. The lowest BCUT2D eigenvalue weighted by Gasteiger charge is -2.44. The smallest absolute Gasteiger partial charge is 0.287 e. The molecule has 34 heavy (non-hydrogen) atoms. The average Bonchev–Trinajstić information content (AvgIpc) is 3.55. The van der Waals surface area contributed by atoms with Crippen LogP contribution in [0.2, 0.25) is 0 Å². The van der Waals surface area contributed by atoms with Crippen LogP contribution in [-0.4, -0.2) is 42.4 Å². The molecule has 3 aliphatic heterocycles. The Labute approximate surface area is 199 Å². The van der Waals surface area contributed by atoms with Crippen molar-refractivity contribution in [1.29, 1.82) is 0 Å². The number of benzene rings is 2. The fourth-order valence-electron chi connectivity index (χ4n) is 5.97. The fraction of sp³-hybridized carbons (Fsp3) is 0.429. The topological polar surface area (TPSA) is 74.6 Å². The van der Waals surface area contributed by atoms with Gasteiger partial charge < -0.3 is 20.0 Å². The summed E-state index contributed by atoms with van der Waals surface area (Å²) >= 11 is 0. The summed E-state index contributed by atoms with van der Waals surface area (Å²) in [6, 6.07) is 15.8. The third kappa shape index (κ3) is 4.11. The van der Waals surface area contributed by atoms with Gasteiger partial charge in [0.05, 0.1) is 0 Å². The second kappa shape index (κ2) is 8.91. The number of carbonyl (C=O) groups excluding carboxylic acids is 2. The quantitative estimate of drug-likeness (QED) is 0.562. The van der Waals surface area contributed by atoms with Crippen LogP contribution in [0, 0.1) is 11.8 Å². The van der Waals surface area contributed by atoms with Gasteiger partial charge >= 0.3 is 0 Å². The van der Waals surface area contributed by atoms with Crippen LogP contribution in [0.3, 0.4) is 0 Å². The molecular formula is C28H31N3O3. The molecule has 1 saturated carbocycles. The molecule has 3 aromatic rings. The lowest BCUT2D eigenvalue weighted by atomic mass is 9.84. The first-order valence-corrected chi connectivity index (χ1v) is 12.6. The van der Waals surface area contributed by atoms with E-state index < -0.39 is 0 Å². The number of hydrogen-bond acceptors (Lipinski definition) is 4. The second-order valence-corrected chi connectivity index (χ2v) is 10.1. The van der Waals surface area contributed by atoms with Crippen LogP contribution in [0.15, 0.2) is 52.9 Å². The average molecular weight is 458 g/mol. The molecule has 0 spiro atoms. The third-order valence-electron chi connectivity index (χ3n) is 7.91. The molecule has 2 aromatic carbocycles. The number of para-hydroxylation sites is 1. The first kappa shape index (κ1) is 21.4. The van der Waals surface area contributed by atoms with Crippen LogP contribution in [0.25, 0.3) is 22.1 Å². The van der Waals surface area contributed by atoms with E-state index >= 15 is 0 Å². The first-order chi connectivity index (χ1) is 16.6. The molecule has 2 bridgehead atoms. The van der Waals surface area contributed by atoms with Crippen LogP contribution in [0.4, 0.5) is 5.69 Å². The van der Waals surface area contributed by atoms with E-state index in [1.54, 1.807) is 0 Å². The molecule has 6 nitrogen and oxygen atoms in total. The van der Waals surface area contributed by atoms with E-state index in [1.165, 1.54) is 0 Å². The lowest BCUT2D eigenvalue weighted by molar-refractivity contribution is -0.119. The molecule has 1 aliphatic carbocycles. The molecule has 176 valence electrons. The number of hydrogen-bond donors (Lipinski definition) is 2. The fourth-order valence-corrected chi connectivity index (χ4v) is 5.97. The second-order valence-electron chi connectivity index (χ2n) is 10.1. The van der Waals surface area contributed by atoms with E-state index in [0.29, 0.717) is 17.3 Å². The minimum absolute atomic E-state index is 0.109. The SMILES string of the molecule is O=C(NC1CN2CCC1CC2)c1cc2cccc(-c3cccc(NC(=O)C4CCCC4)c3)c2o1. The number of amides is 2. The van der Waals surface area contributed by atoms with Crippen molar-refractivity contribution >= 4 is 28.5 Å². The summed E-state index contributed by atoms with van der Waals surface area (Å²) < 4.78 is 6.13. The van der Waals surface area contributed by atoms with E-state index in [2.05, 4.69) is 15.5 Å². The van der Waals surface area contributed by atoms with Crippen molar-refractivity contribution in [1.82, 2.24) is 10.2 Å². The van der Waals surface area contributed by atoms with Crippen molar-refractivity contribution in [3.63, 3.8) is 0 Å². The Morgan fingerprint density at radius 1 is 0.941 bits per heavy atom. The Bertz CT molecular complexity index is 1220. The summed E-state index contributed by atoms with van der Waals surface area (Å²) in [5.74, 6) is 1.01. The van der Waals surface area contributed by atoms with E-state index in [9.17, 15) is 9.59 Å². The molecule has 2 N–H and O–H groups in total. The number of anilines is 1. The van der Waals surface area contributed by atoms with Gasteiger partial charge in [-0.3, -0.25) is 9.59 Å². The van der Waals surface area contributed by atoms with Crippen molar-refractivity contribution < 1.29 is 14.0 Å². The molecular weight excluding hydrogens is 426 g/mol. The van der Waals surface area contributed by atoms with Crippen LogP contribution in [0.5, 0.6) is 0 Å². The standard InChI is InChI=1S/C28H31N3O3/c32-27(19-5-1-2-6-19)29-22-9-3-7-20(15-22)23-10-4-8-21-16-25(34-26(21)23)28(33)30-24-17-31-13-11-18(24)12-14-31/h3-4,7-10,15-16,18-19,24H,1-2,5-6,11-14,17H2,(H,29,32)(H,30,33). The Morgan fingerprint density at radius 3 is 2.50 bits per heavy atom. The molecule has 1 unspecified atom stereocenters. The predicted molar refractivity (Wildman–Crippen MR) is 133 cm³/mol. The van der Waals surface area contributed by atoms with Crippen molar-refractivity contribution in [2.45, 2.75) is 44.6 Å². The summed E-state index contributed by atoms with van der Waals surface area (Å²) in [5, 5.41) is 7.21. The van der Waals surface area contributed by atoms with Gasteiger partial charge in [0, 0.05) is 35.1 Å². The highest BCUT2D eigenvalue weighted by atomic mass is 16.3. The van der Waals surface area contributed by atoms with E-state index in [0.717, 1.165) is 80.4 Å². The summed E-state index contributed by atoms with van der Waals surface area (Å²) in [4.78, 5) is 28.1. The van der Waals surface area contributed by atoms with E-state index in [-0.39, 0.29) is 23.8 Å². The van der Waals surface area contributed by atoms with Gasteiger partial charge in [0.1, 0.15) is 5.58 Å². The molecule has 4 fully saturated rings.